The van der Waals surface area contributed by atoms with Gasteiger partial charge in [0.2, 0.25) is 0 Å². The average Bonchev–Trinajstić information content (AvgIpc) is 3.37. The van der Waals surface area contributed by atoms with E-state index >= 15 is 0 Å². The molecular formula is C23H23NO3S. The second kappa shape index (κ2) is 8.17. The van der Waals surface area contributed by atoms with Crippen LogP contribution in [-0.2, 0) is 4.74 Å². The lowest BCUT2D eigenvalue weighted by molar-refractivity contribution is 0.0986. The van der Waals surface area contributed by atoms with Gasteiger partial charge in [0.15, 0.2) is 0 Å². The number of rotatable bonds is 6. The summed E-state index contributed by atoms with van der Waals surface area (Å²) in [4.78, 5) is 14.9. The molecule has 1 heterocycles. The van der Waals surface area contributed by atoms with Gasteiger partial charge in [-0.25, -0.2) is 4.79 Å². The molecule has 0 saturated heterocycles. The Kier molecular flexibility index (Phi) is 5.46. The highest BCUT2D eigenvalue weighted by Gasteiger charge is 2.29. The number of ether oxygens (including phenoxy) is 1. The van der Waals surface area contributed by atoms with Crippen molar-refractivity contribution in [1.29, 1.82) is 0 Å². The molecule has 5 heteroatoms. The van der Waals surface area contributed by atoms with Gasteiger partial charge in [-0.05, 0) is 40.1 Å². The molecule has 1 amide bonds. The molecule has 0 spiro atoms. The van der Waals surface area contributed by atoms with E-state index in [1.54, 1.807) is 7.05 Å². The van der Waals surface area contributed by atoms with Crippen molar-refractivity contribution in [2.75, 3.05) is 20.2 Å². The highest BCUT2D eigenvalue weighted by molar-refractivity contribution is 7.10. The number of amides is 1. The van der Waals surface area contributed by atoms with Crippen LogP contribution in [-0.4, -0.2) is 36.3 Å². The summed E-state index contributed by atoms with van der Waals surface area (Å²) < 4.78 is 5.63. The van der Waals surface area contributed by atoms with E-state index in [2.05, 4.69) is 24.3 Å². The maximum Gasteiger partial charge on any atom is 0.409 e. The number of nitrogens with zero attached hydrogens (tertiary/aromatic N) is 1. The maximum atomic E-state index is 12.4. The van der Waals surface area contributed by atoms with Gasteiger partial charge in [0.05, 0.1) is 6.10 Å². The maximum absolute atomic E-state index is 12.4. The Morgan fingerprint density at radius 2 is 1.71 bits per heavy atom. The number of carbonyl (C=O) groups is 1. The van der Waals surface area contributed by atoms with Crippen LogP contribution in [0, 0.1) is 0 Å². The van der Waals surface area contributed by atoms with Crippen LogP contribution in [0.3, 0.4) is 0 Å². The zero-order valence-electron chi connectivity index (χ0n) is 15.7. The van der Waals surface area contributed by atoms with Crippen LogP contribution in [0.4, 0.5) is 4.79 Å². The normalized spacial score (nSPS) is 13.6. The van der Waals surface area contributed by atoms with E-state index in [9.17, 15) is 9.90 Å². The van der Waals surface area contributed by atoms with E-state index in [1.165, 1.54) is 38.5 Å². The second-order valence-corrected chi connectivity index (χ2v) is 8.02. The van der Waals surface area contributed by atoms with Crippen LogP contribution in [0.2, 0.25) is 0 Å². The van der Waals surface area contributed by atoms with Crippen LogP contribution < -0.4 is 0 Å². The van der Waals surface area contributed by atoms with Gasteiger partial charge in [-0.1, -0.05) is 54.6 Å². The first-order valence-corrected chi connectivity index (χ1v) is 10.3. The largest absolute Gasteiger partial charge is 0.448 e. The summed E-state index contributed by atoms with van der Waals surface area (Å²) in [5, 5.41) is 12.1. The van der Waals surface area contributed by atoms with Crippen LogP contribution in [0.25, 0.3) is 11.1 Å². The summed E-state index contributed by atoms with van der Waals surface area (Å²) in [5.41, 5.74) is 4.83. The first-order valence-electron chi connectivity index (χ1n) is 9.42. The van der Waals surface area contributed by atoms with Gasteiger partial charge in [0, 0.05) is 24.4 Å². The number of hydrogen-bond acceptors (Lipinski definition) is 4. The Morgan fingerprint density at radius 1 is 1.07 bits per heavy atom. The quantitative estimate of drug-likeness (QED) is 0.637. The molecule has 1 aliphatic rings. The summed E-state index contributed by atoms with van der Waals surface area (Å²) in [7, 11) is 1.71. The topological polar surface area (TPSA) is 49.8 Å². The van der Waals surface area contributed by atoms with Crippen molar-refractivity contribution < 1.29 is 14.6 Å². The molecule has 0 radical (unpaired) electrons. The summed E-state index contributed by atoms with van der Waals surface area (Å²) in [5.74, 6) is 0.0569. The van der Waals surface area contributed by atoms with Gasteiger partial charge in [0.1, 0.15) is 6.61 Å². The van der Waals surface area contributed by atoms with Gasteiger partial charge in [-0.15, -0.1) is 11.3 Å². The van der Waals surface area contributed by atoms with E-state index in [4.69, 9.17) is 4.74 Å². The molecule has 4 rings (SSSR count). The molecule has 1 aromatic heterocycles. The number of aliphatic hydroxyl groups is 1. The Balaban J connectivity index is 1.37. The molecule has 1 aliphatic carbocycles. The molecule has 0 aliphatic heterocycles. The first kappa shape index (κ1) is 18.7. The fourth-order valence-corrected chi connectivity index (χ4v) is 4.48. The minimum Gasteiger partial charge on any atom is -0.448 e. The number of carbonyl (C=O) groups excluding carboxylic acids is 1. The molecule has 0 bridgehead atoms. The number of fused-ring (bicyclic) bond motifs is 3. The minimum absolute atomic E-state index is 0.0569. The third-order valence-electron chi connectivity index (χ3n) is 5.26. The highest BCUT2D eigenvalue weighted by Crippen LogP contribution is 2.44. The molecule has 144 valence electrons. The Labute approximate surface area is 169 Å². The predicted octanol–water partition coefficient (Wildman–Crippen LogP) is 5.05. The SMILES string of the molecule is CN(CCC(O)c1cccs1)C(=O)OCC1c2ccccc2-c2ccccc21. The van der Waals surface area contributed by atoms with Gasteiger partial charge < -0.3 is 14.7 Å². The fraction of sp³-hybridized carbons (Fsp3) is 0.261. The zero-order valence-corrected chi connectivity index (χ0v) is 16.6. The molecule has 28 heavy (non-hydrogen) atoms. The molecule has 0 fully saturated rings. The Morgan fingerprint density at radius 3 is 2.32 bits per heavy atom. The summed E-state index contributed by atoms with van der Waals surface area (Å²) >= 11 is 1.52. The number of thiophene rings is 1. The van der Waals surface area contributed by atoms with Crippen molar-refractivity contribution in [3.63, 3.8) is 0 Å². The van der Waals surface area contributed by atoms with Gasteiger partial charge >= 0.3 is 6.09 Å². The molecule has 1 N–H and O–H groups in total. The average molecular weight is 394 g/mol. The van der Waals surface area contributed by atoms with E-state index in [0.717, 1.165) is 4.88 Å². The lowest BCUT2D eigenvalue weighted by Crippen LogP contribution is -2.30. The molecule has 3 aromatic rings. The molecule has 1 unspecified atom stereocenters. The third-order valence-corrected chi connectivity index (χ3v) is 6.23. The lowest BCUT2D eigenvalue weighted by atomic mass is 9.98. The molecule has 2 aromatic carbocycles. The van der Waals surface area contributed by atoms with E-state index < -0.39 is 6.10 Å². The van der Waals surface area contributed by atoms with E-state index in [0.29, 0.717) is 19.6 Å². The lowest BCUT2D eigenvalue weighted by Gasteiger charge is -2.20. The van der Waals surface area contributed by atoms with Crippen molar-refractivity contribution in [3.8, 4) is 11.1 Å². The van der Waals surface area contributed by atoms with Gasteiger partial charge in [0.25, 0.3) is 0 Å². The van der Waals surface area contributed by atoms with Gasteiger partial charge in [-0.2, -0.15) is 0 Å². The van der Waals surface area contributed by atoms with E-state index in [-0.39, 0.29) is 12.0 Å². The van der Waals surface area contributed by atoms with Crippen molar-refractivity contribution in [1.82, 2.24) is 4.90 Å². The van der Waals surface area contributed by atoms with Crippen LogP contribution in [0.1, 0.15) is 34.4 Å². The number of hydrogen-bond donors (Lipinski definition) is 1. The first-order chi connectivity index (χ1) is 13.6. The van der Waals surface area contributed by atoms with Crippen LogP contribution in [0.5, 0.6) is 0 Å². The second-order valence-electron chi connectivity index (χ2n) is 7.05. The summed E-state index contributed by atoms with van der Waals surface area (Å²) in [6.45, 7) is 0.750. The minimum atomic E-state index is -0.552. The molecule has 0 saturated carbocycles. The number of benzene rings is 2. The highest BCUT2D eigenvalue weighted by atomic mass is 32.1. The Bertz CT molecular complexity index is 908. The van der Waals surface area contributed by atoms with Crippen molar-refractivity contribution in [2.24, 2.45) is 0 Å². The molecular weight excluding hydrogens is 370 g/mol. The fourth-order valence-electron chi connectivity index (χ4n) is 3.73. The smallest absolute Gasteiger partial charge is 0.409 e. The summed E-state index contributed by atoms with van der Waals surface area (Å²) in [6.07, 6.45) is -0.426. The standard InChI is InChI=1S/C23H23NO3S/c1-24(13-12-21(25)22-11-6-14-28-22)23(26)27-15-20-18-9-4-2-7-16(18)17-8-3-5-10-19(17)20/h2-11,14,20-21,25H,12-13,15H2,1H3. The predicted molar refractivity (Wildman–Crippen MR) is 112 cm³/mol. The van der Waals surface area contributed by atoms with E-state index in [1.807, 2.05) is 41.8 Å². The zero-order chi connectivity index (χ0) is 19.5. The van der Waals surface area contributed by atoms with Crippen molar-refractivity contribution in [3.05, 3.63) is 82.0 Å². The Hall–Kier alpha value is -2.63. The monoisotopic (exact) mass is 393 g/mol. The third kappa shape index (κ3) is 3.68. The molecule has 4 nitrogen and oxygen atoms in total. The molecule has 1 atom stereocenters. The summed E-state index contributed by atoms with van der Waals surface area (Å²) in [6, 6.07) is 20.4. The van der Waals surface area contributed by atoms with Gasteiger partial charge in [-0.3, -0.25) is 0 Å². The number of aliphatic hydroxyl groups excluding tert-OH is 1. The van der Waals surface area contributed by atoms with Crippen LogP contribution in [0.15, 0.2) is 66.0 Å². The van der Waals surface area contributed by atoms with Crippen molar-refractivity contribution in [2.45, 2.75) is 18.4 Å². The van der Waals surface area contributed by atoms with Crippen molar-refractivity contribution >= 4 is 17.4 Å². The van der Waals surface area contributed by atoms with Crippen LogP contribution >= 0.6 is 11.3 Å².